The average Bonchev–Trinajstić information content (AvgIpc) is 2.16. The first-order valence-corrected chi connectivity index (χ1v) is 3.97. The van der Waals surface area contributed by atoms with Crippen LogP contribution >= 0.6 is 0 Å². The quantitative estimate of drug-likeness (QED) is 0.539. The van der Waals surface area contributed by atoms with Gasteiger partial charge in [0, 0.05) is 0 Å². The topological polar surface area (TPSA) is 104 Å². The molecule has 0 unspecified atom stereocenters. The molecule has 0 amide bonds. The van der Waals surface area contributed by atoms with Crippen molar-refractivity contribution in [3.63, 3.8) is 0 Å². The predicted molar refractivity (Wildman–Crippen MR) is 48.7 cm³/mol. The van der Waals surface area contributed by atoms with E-state index in [1.807, 2.05) is 0 Å². The van der Waals surface area contributed by atoms with Gasteiger partial charge in [0.1, 0.15) is 17.9 Å². The van der Waals surface area contributed by atoms with Crippen LogP contribution in [0.5, 0.6) is 5.75 Å². The molecule has 0 fully saturated rings. The van der Waals surface area contributed by atoms with Crippen LogP contribution in [0, 0.1) is 0 Å². The first kappa shape index (κ1) is 10.5. The summed E-state index contributed by atoms with van der Waals surface area (Å²) in [4.78, 5) is 10.4. The molecule has 5 N–H and O–H groups in total. The highest BCUT2D eigenvalue weighted by Gasteiger charge is 2.23. The van der Waals surface area contributed by atoms with Crippen molar-refractivity contribution in [1.82, 2.24) is 0 Å². The van der Waals surface area contributed by atoms with E-state index in [2.05, 4.69) is 0 Å². The molecule has 2 atom stereocenters. The normalized spacial score (nSPS) is 14.7. The number of hydrogen-bond donors (Lipinski definition) is 4. The van der Waals surface area contributed by atoms with Crippen molar-refractivity contribution in [3.05, 3.63) is 29.8 Å². The third-order valence-corrected chi connectivity index (χ3v) is 1.86. The van der Waals surface area contributed by atoms with Crippen LogP contribution in [0.25, 0.3) is 0 Å². The van der Waals surface area contributed by atoms with Crippen molar-refractivity contribution in [2.75, 3.05) is 0 Å². The number of carbonyl (C=O) groups is 1. The minimum Gasteiger partial charge on any atom is -0.508 e. The summed E-state index contributed by atoms with van der Waals surface area (Å²) in [5, 5.41) is 27.0. The fourth-order valence-corrected chi connectivity index (χ4v) is 1.01. The number of carboxylic acids is 1. The van der Waals surface area contributed by atoms with Crippen LogP contribution in [-0.4, -0.2) is 27.3 Å². The number of aliphatic hydroxyl groups is 1. The molecular weight excluding hydrogens is 186 g/mol. The number of aliphatic hydroxyl groups excluding tert-OH is 1. The van der Waals surface area contributed by atoms with Crippen molar-refractivity contribution in [1.29, 1.82) is 0 Å². The van der Waals surface area contributed by atoms with Gasteiger partial charge in [0.2, 0.25) is 0 Å². The minimum atomic E-state index is -1.36. The molecule has 0 aliphatic carbocycles. The first-order valence-electron chi connectivity index (χ1n) is 3.97. The number of rotatable bonds is 3. The van der Waals surface area contributed by atoms with Gasteiger partial charge in [-0.15, -0.1) is 0 Å². The van der Waals surface area contributed by atoms with Gasteiger partial charge in [0.25, 0.3) is 0 Å². The van der Waals surface area contributed by atoms with E-state index in [1.165, 1.54) is 24.3 Å². The molecule has 76 valence electrons. The second-order valence-electron chi connectivity index (χ2n) is 2.90. The Morgan fingerprint density at radius 2 is 1.79 bits per heavy atom. The third kappa shape index (κ3) is 2.21. The van der Waals surface area contributed by atoms with Gasteiger partial charge in [0.05, 0.1) is 0 Å². The Labute approximate surface area is 80.4 Å². The summed E-state index contributed by atoms with van der Waals surface area (Å²) in [5.41, 5.74) is 5.58. The van der Waals surface area contributed by atoms with Crippen LogP contribution in [0.1, 0.15) is 11.7 Å². The molecule has 0 heterocycles. The standard InChI is InChI=1S/C9H11NO4/c10-7(9(13)14)8(12)5-1-3-6(11)4-2-5/h1-4,7-8,11-12H,10H2,(H,13,14)/t7-,8+/m1/s1. The Bertz CT molecular complexity index is 322. The lowest BCUT2D eigenvalue weighted by Crippen LogP contribution is -2.36. The predicted octanol–water partition coefficient (Wildman–Crippen LogP) is -0.163. The number of aromatic hydroxyl groups is 1. The molecule has 0 saturated heterocycles. The van der Waals surface area contributed by atoms with Crippen LogP contribution in [0.4, 0.5) is 0 Å². The van der Waals surface area contributed by atoms with Crippen LogP contribution in [0.3, 0.4) is 0 Å². The summed E-state index contributed by atoms with van der Waals surface area (Å²) in [5.74, 6) is -1.23. The number of nitrogens with two attached hydrogens (primary N) is 1. The van der Waals surface area contributed by atoms with Crippen molar-refractivity contribution in [3.8, 4) is 5.75 Å². The molecule has 14 heavy (non-hydrogen) atoms. The molecule has 0 spiro atoms. The largest absolute Gasteiger partial charge is 0.508 e. The Balaban J connectivity index is 2.84. The number of phenols is 1. The van der Waals surface area contributed by atoms with Gasteiger partial charge in [-0.25, -0.2) is 0 Å². The molecule has 5 nitrogen and oxygen atoms in total. The van der Waals surface area contributed by atoms with E-state index in [1.54, 1.807) is 0 Å². The van der Waals surface area contributed by atoms with Gasteiger partial charge >= 0.3 is 5.97 Å². The van der Waals surface area contributed by atoms with E-state index in [0.29, 0.717) is 5.56 Å². The number of carboxylic acid groups (broad SMARTS) is 1. The van der Waals surface area contributed by atoms with E-state index in [4.69, 9.17) is 15.9 Å². The second-order valence-corrected chi connectivity index (χ2v) is 2.90. The molecule has 0 radical (unpaired) electrons. The average molecular weight is 197 g/mol. The molecule has 1 rings (SSSR count). The summed E-state index contributed by atoms with van der Waals surface area (Å²) in [7, 11) is 0. The van der Waals surface area contributed by atoms with Crippen LogP contribution < -0.4 is 5.73 Å². The smallest absolute Gasteiger partial charge is 0.323 e. The zero-order valence-corrected chi connectivity index (χ0v) is 7.29. The zero-order chi connectivity index (χ0) is 10.7. The van der Waals surface area contributed by atoms with E-state index in [0.717, 1.165) is 0 Å². The van der Waals surface area contributed by atoms with Gasteiger partial charge < -0.3 is 21.1 Å². The van der Waals surface area contributed by atoms with Crippen LogP contribution in [-0.2, 0) is 4.79 Å². The highest BCUT2D eigenvalue weighted by molar-refractivity contribution is 5.74. The molecule has 0 aliphatic heterocycles. The van der Waals surface area contributed by atoms with Crippen LogP contribution in [0.15, 0.2) is 24.3 Å². The van der Waals surface area contributed by atoms with Gasteiger partial charge in [-0.05, 0) is 17.7 Å². The Morgan fingerprint density at radius 3 is 2.21 bits per heavy atom. The summed E-state index contributed by atoms with van der Waals surface area (Å²) in [6.45, 7) is 0. The maximum Gasteiger partial charge on any atom is 0.323 e. The van der Waals surface area contributed by atoms with Gasteiger partial charge in [-0.2, -0.15) is 0 Å². The fraction of sp³-hybridized carbons (Fsp3) is 0.222. The van der Waals surface area contributed by atoms with Crippen molar-refractivity contribution < 1.29 is 20.1 Å². The summed E-state index contributed by atoms with van der Waals surface area (Å²) in [6, 6.07) is 4.19. The Morgan fingerprint density at radius 1 is 1.29 bits per heavy atom. The molecule has 1 aromatic carbocycles. The first-order chi connectivity index (χ1) is 6.52. The Kier molecular flexibility index (Phi) is 3.06. The SMILES string of the molecule is N[C@@H](C(=O)O)[C@@H](O)c1ccc(O)cc1. The van der Waals surface area contributed by atoms with E-state index >= 15 is 0 Å². The number of benzene rings is 1. The highest BCUT2D eigenvalue weighted by atomic mass is 16.4. The molecule has 1 aromatic rings. The van der Waals surface area contributed by atoms with Crippen molar-refractivity contribution >= 4 is 5.97 Å². The second kappa shape index (κ2) is 4.08. The third-order valence-electron chi connectivity index (χ3n) is 1.86. The number of hydrogen-bond acceptors (Lipinski definition) is 4. The lowest BCUT2D eigenvalue weighted by Gasteiger charge is -2.14. The maximum absolute atomic E-state index is 10.4. The summed E-state index contributed by atoms with van der Waals surface area (Å²) < 4.78 is 0. The van der Waals surface area contributed by atoms with Crippen LogP contribution in [0.2, 0.25) is 0 Å². The fourth-order valence-electron chi connectivity index (χ4n) is 1.01. The molecule has 0 saturated carbocycles. The van der Waals surface area contributed by atoms with Gasteiger partial charge in [0.15, 0.2) is 0 Å². The Hall–Kier alpha value is -1.59. The van der Waals surface area contributed by atoms with E-state index in [9.17, 15) is 9.90 Å². The highest BCUT2D eigenvalue weighted by Crippen LogP contribution is 2.18. The van der Waals surface area contributed by atoms with Gasteiger partial charge in [-0.1, -0.05) is 12.1 Å². The molecule has 0 aliphatic rings. The van der Waals surface area contributed by atoms with Crippen molar-refractivity contribution in [2.24, 2.45) is 5.73 Å². The van der Waals surface area contributed by atoms with Gasteiger partial charge in [-0.3, -0.25) is 4.79 Å². The lowest BCUT2D eigenvalue weighted by atomic mass is 10.0. The monoisotopic (exact) mass is 197 g/mol. The summed E-state index contributed by atoms with van der Waals surface area (Å²) >= 11 is 0. The lowest BCUT2D eigenvalue weighted by molar-refractivity contribution is -0.141. The molecule has 0 aromatic heterocycles. The summed E-state index contributed by atoms with van der Waals surface area (Å²) in [6.07, 6.45) is -1.27. The molecule has 5 heteroatoms. The number of aliphatic carboxylic acids is 1. The van der Waals surface area contributed by atoms with E-state index < -0.39 is 18.1 Å². The molecule has 0 bridgehead atoms. The molecular formula is C9H11NO4. The minimum absolute atomic E-state index is 0.0462. The van der Waals surface area contributed by atoms with Crippen molar-refractivity contribution in [2.45, 2.75) is 12.1 Å². The maximum atomic E-state index is 10.4. The van der Waals surface area contributed by atoms with E-state index in [-0.39, 0.29) is 5.75 Å². The number of phenolic OH excluding ortho intramolecular Hbond substituents is 1. The zero-order valence-electron chi connectivity index (χ0n) is 7.29.